The molecule has 2 aromatic carbocycles. The summed E-state index contributed by atoms with van der Waals surface area (Å²) in [4.78, 5) is 14.0. The maximum absolute atomic E-state index is 13.3. The molecule has 1 fully saturated rings. The molecule has 1 aliphatic heterocycles. The topological polar surface area (TPSA) is 93.1 Å². The first kappa shape index (κ1) is 26.3. The van der Waals surface area contributed by atoms with Crippen molar-refractivity contribution >= 4 is 27.6 Å². The predicted octanol–water partition coefficient (Wildman–Crippen LogP) is 4.43. The molecule has 1 aliphatic rings. The third kappa shape index (κ3) is 6.04. The number of carboxylic acids is 1. The molecule has 0 unspecified atom stereocenters. The standard InChI is InChI=1S/C22H24F3NO6S2/c1-31-15-14-26-12-10-21(11-13-26,20(27)28)34(29,30)19-8-4-17(5-9-19)32-16-2-6-18(7-3-16)33-22(23,24)25/h2-9H,10-15H2,1H3,(H,27,28). The molecule has 2 aromatic rings. The van der Waals surface area contributed by atoms with Crippen LogP contribution in [0, 0.1) is 0 Å². The Morgan fingerprint density at radius 1 is 1.06 bits per heavy atom. The van der Waals surface area contributed by atoms with Crippen LogP contribution in [-0.2, 0) is 19.4 Å². The smallest absolute Gasteiger partial charge is 0.446 e. The van der Waals surface area contributed by atoms with Gasteiger partial charge in [0.2, 0.25) is 0 Å². The Morgan fingerprint density at radius 3 is 2.06 bits per heavy atom. The van der Waals surface area contributed by atoms with E-state index in [1.165, 1.54) is 48.5 Å². The average Bonchev–Trinajstić information content (AvgIpc) is 2.78. The molecule has 0 bridgehead atoms. The molecule has 34 heavy (non-hydrogen) atoms. The lowest BCUT2D eigenvalue weighted by atomic mass is 9.96. The van der Waals surface area contributed by atoms with Gasteiger partial charge in [-0.25, -0.2) is 8.42 Å². The minimum atomic E-state index is -4.39. The zero-order valence-corrected chi connectivity index (χ0v) is 19.9. The van der Waals surface area contributed by atoms with E-state index in [0.717, 1.165) is 0 Å². The second-order valence-corrected chi connectivity index (χ2v) is 11.1. The van der Waals surface area contributed by atoms with Crippen LogP contribution < -0.4 is 4.74 Å². The number of piperidine rings is 1. The largest absolute Gasteiger partial charge is 0.480 e. The lowest BCUT2D eigenvalue weighted by molar-refractivity contribution is -0.141. The first-order valence-electron chi connectivity index (χ1n) is 10.3. The molecule has 1 saturated heterocycles. The van der Waals surface area contributed by atoms with Crippen LogP contribution in [0.3, 0.4) is 0 Å². The Hall–Kier alpha value is -2.28. The van der Waals surface area contributed by atoms with E-state index >= 15 is 0 Å². The number of likely N-dealkylation sites (tertiary alicyclic amines) is 1. The van der Waals surface area contributed by atoms with Crippen LogP contribution in [0.1, 0.15) is 12.8 Å². The number of benzene rings is 2. The van der Waals surface area contributed by atoms with E-state index in [1.807, 2.05) is 4.90 Å². The number of hydrogen-bond acceptors (Lipinski definition) is 7. The number of aliphatic carboxylic acids is 1. The van der Waals surface area contributed by atoms with Gasteiger partial charge in [-0.15, -0.1) is 0 Å². The second kappa shape index (κ2) is 10.5. The number of sulfone groups is 1. The summed E-state index contributed by atoms with van der Waals surface area (Å²) >= 11 is -0.240. The zero-order chi connectivity index (χ0) is 25.0. The SMILES string of the molecule is COCCN1CCC(C(=O)O)(S(=O)(=O)c2ccc(Oc3ccc(SC(F)(F)F)cc3)cc2)CC1. The number of halogens is 3. The van der Waals surface area contributed by atoms with Crippen molar-refractivity contribution in [2.45, 2.75) is 32.9 Å². The van der Waals surface area contributed by atoms with Crippen molar-refractivity contribution in [3.8, 4) is 11.5 Å². The lowest BCUT2D eigenvalue weighted by Gasteiger charge is -2.38. The molecule has 186 valence electrons. The van der Waals surface area contributed by atoms with Crippen LogP contribution >= 0.6 is 11.8 Å². The van der Waals surface area contributed by atoms with Crippen LogP contribution in [0.5, 0.6) is 11.5 Å². The van der Waals surface area contributed by atoms with E-state index < -0.39 is 26.1 Å². The molecule has 0 amide bonds. The number of thioether (sulfide) groups is 1. The summed E-state index contributed by atoms with van der Waals surface area (Å²) in [6.07, 6.45) is -0.0934. The fraction of sp³-hybridized carbons (Fsp3) is 0.409. The lowest BCUT2D eigenvalue weighted by Crippen LogP contribution is -2.54. The highest BCUT2D eigenvalue weighted by Crippen LogP contribution is 2.38. The Bertz CT molecular complexity index is 1080. The Balaban J connectivity index is 1.73. The number of methoxy groups -OCH3 is 1. The van der Waals surface area contributed by atoms with E-state index in [2.05, 4.69) is 0 Å². The van der Waals surface area contributed by atoms with Gasteiger partial charge in [-0.1, -0.05) is 0 Å². The van der Waals surface area contributed by atoms with Crippen molar-refractivity contribution in [1.29, 1.82) is 0 Å². The number of carboxylic acid groups (broad SMARTS) is 1. The highest BCUT2D eigenvalue weighted by molar-refractivity contribution is 8.00. The molecule has 0 aromatic heterocycles. The van der Waals surface area contributed by atoms with E-state index in [-0.39, 0.29) is 45.9 Å². The van der Waals surface area contributed by atoms with Crippen LogP contribution in [0.25, 0.3) is 0 Å². The van der Waals surface area contributed by atoms with Crippen LogP contribution in [-0.4, -0.2) is 68.0 Å². The first-order chi connectivity index (χ1) is 16.0. The van der Waals surface area contributed by atoms with Gasteiger partial charge >= 0.3 is 11.5 Å². The summed E-state index contributed by atoms with van der Waals surface area (Å²) < 4.78 is 72.7. The average molecular weight is 520 g/mol. The van der Waals surface area contributed by atoms with E-state index in [9.17, 15) is 31.5 Å². The predicted molar refractivity (Wildman–Crippen MR) is 120 cm³/mol. The molecule has 1 heterocycles. The normalized spacial score (nSPS) is 16.8. The number of hydrogen-bond donors (Lipinski definition) is 1. The van der Waals surface area contributed by atoms with Crippen molar-refractivity contribution in [2.24, 2.45) is 0 Å². The molecular weight excluding hydrogens is 495 g/mol. The van der Waals surface area contributed by atoms with Gasteiger partial charge in [0.05, 0.1) is 11.5 Å². The first-order valence-corrected chi connectivity index (χ1v) is 12.6. The Kier molecular flexibility index (Phi) is 8.17. The van der Waals surface area contributed by atoms with Crippen molar-refractivity contribution < 1.29 is 41.0 Å². The molecule has 0 spiro atoms. The monoisotopic (exact) mass is 519 g/mol. The fourth-order valence-corrected chi connectivity index (χ4v) is 6.15. The summed E-state index contributed by atoms with van der Waals surface area (Å²) in [7, 11) is -2.64. The fourth-order valence-electron chi connectivity index (χ4n) is 3.71. The van der Waals surface area contributed by atoms with Gasteiger partial charge < -0.3 is 19.5 Å². The van der Waals surface area contributed by atoms with Crippen LogP contribution in [0.4, 0.5) is 13.2 Å². The molecule has 1 N–H and O–H groups in total. The van der Waals surface area contributed by atoms with Gasteiger partial charge in [0.1, 0.15) is 11.5 Å². The molecule has 0 saturated carbocycles. The Morgan fingerprint density at radius 2 is 1.59 bits per heavy atom. The van der Waals surface area contributed by atoms with Gasteiger partial charge in [0, 0.05) is 31.6 Å². The van der Waals surface area contributed by atoms with E-state index in [4.69, 9.17) is 9.47 Å². The number of alkyl halides is 3. The number of ether oxygens (including phenoxy) is 2. The zero-order valence-electron chi connectivity index (χ0n) is 18.2. The highest BCUT2D eigenvalue weighted by Gasteiger charge is 2.53. The van der Waals surface area contributed by atoms with Crippen molar-refractivity contribution in [3.05, 3.63) is 48.5 Å². The molecule has 0 radical (unpaired) electrons. The number of nitrogens with zero attached hydrogens (tertiary/aromatic N) is 1. The van der Waals surface area contributed by atoms with Crippen LogP contribution in [0.15, 0.2) is 58.3 Å². The third-order valence-corrected chi connectivity index (χ3v) is 8.85. The maximum atomic E-state index is 13.3. The summed E-state index contributed by atoms with van der Waals surface area (Å²) in [5, 5.41) is 9.87. The van der Waals surface area contributed by atoms with Gasteiger partial charge in [-0.2, -0.15) is 13.2 Å². The maximum Gasteiger partial charge on any atom is 0.446 e. The molecule has 3 rings (SSSR count). The highest BCUT2D eigenvalue weighted by atomic mass is 32.2. The van der Waals surface area contributed by atoms with Crippen LogP contribution in [0.2, 0.25) is 0 Å². The Labute approximate surface area is 199 Å². The number of rotatable bonds is 9. The number of carbonyl (C=O) groups is 1. The van der Waals surface area contributed by atoms with Gasteiger partial charge in [-0.3, -0.25) is 4.79 Å². The summed E-state index contributed by atoms with van der Waals surface area (Å²) in [6.45, 7) is 1.70. The summed E-state index contributed by atoms with van der Waals surface area (Å²) in [5.41, 5.74) is -4.39. The third-order valence-electron chi connectivity index (χ3n) is 5.61. The molecule has 12 heteroatoms. The summed E-state index contributed by atoms with van der Waals surface area (Å²) in [6, 6.07) is 10.6. The quantitative estimate of drug-likeness (QED) is 0.487. The van der Waals surface area contributed by atoms with Crippen molar-refractivity contribution in [2.75, 3.05) is 33.4 Å². The molecule has 0 atom stereocenters. The van der Waals surface area contributed by atoms with E-state index in [1.54, 1.807) is 7.11 Å². The van der Waals surface area contributed by atoms with Gasteiger partial charge in [-0.05, 0) is 73.1 Å². The molecule has 0 aliphatic carbocycles. The minimum absolute atomic E-state index is 0.00790. The molecular formula is C22H24F3NO6S2. The van der Waals surface area contributed by atoms with Gasteiger partial charge in [0.25, 0.3) is 0 Å². The second-order valence-electron chi connectivity index (χ2n) is 7.73. The minimum Gasteiger partial charge on any atom is -0.480 e. The van der Waals surface area contributed by atoms with Crippen molar-refractivity contribution in [1.82, 2.24) is 4.90 Å². The molecule has 7 nitrogen and oxygen atoms in total. The van der Waals surface area contributed by atoms with Crippen molar-refractivity contribution in [3.63, 3.8) is 0 Å². The van der Waals surface area contributed by atoms with Gasteiger partial charge in [0.15, 0.2) is 14.6 Å². The van der Waals surface area contributed by atoms with E-state index in [0.29, 0.717) is 26.2 Å². The summed E-state index contributed by atoms with van der Waals surface area (Å²) in [5.74, 6) is -0.850.